The number of hydrogen-bond acceptors (Lipinski definition) is 4. The molecule has 0 saturated heterocycles. The molecule has 0 amide bonds. The van der Waals surface area contributed by atoms with Gasteiger partial charge in [-0.05, 0) is 12.1 Å². The van der Waals surface area contributed by atoms with Crippen molar-refractivity contribution in [2.24, 2.45) is 5.92 Å². The van der Waals surface area contributed by atoms with E-state index in [1.54, 1.807) is 19.1 Å². The maximum absolute atomic E-state index is 10.6. The molecule has 0 aliphatic rings. The van der Waals surface area contributed by atoms with Crippen LogP contribution in [0.2, 0.25) is 0 Å². The van der Waals surface area contributed by atoms with Crippen LogP contribution in [0.4, 0.5) is 0 Å². The van der Waals surface area contributed by atoms with Crippen LogP contribution in [0.1, 0.15) is 18.6 Å². The topological polar surface area (TPSA) is 73.3 Å². The van der Waals surface area contributed by atoms with Gasteiger partial charge in [-0.2, -0.15) is 0 Å². The summed E-state index contributed by atoms with van der Waals surface area (Å²) in [4.78, 5) is 20.5. The minimum Gasteiger partial charge on any atom is -0.469 e. The highest BCUT2D eigenvalue weighted by Gasteiger charge is 2.26. The number of carbonyl (C=O) groups excluding carboxylic acids is 1. The van der Waals surface area contributed by atoms with Crippen LogP contribution < -0.4 is 0 Å². The van der Waals surface area contributed by atoms with Gasteiger partial charge in [-0.1, -0.05) is 6.92 Å². The fraction of sp³-hybridized carbons (Fsp3) is 0.444. The van der Waals surface area contributed by atoms with Crippen molar-refractivity contribution in [3.8, 4) is 0 Å². The van der Waals surface area contributed by atoms with Crippen LogP contribution in [0.25, 0.3) is 0 Å². The lowest BCUT2D eigenvalue weighted by molar-refractivity contribution is -0.484. The molecule has 0 aliphatic heterocycles. The van der Waals surface area contributed by atoms with Gasteiger partial charge >= 0.3 is 0 Å². The second-order valence-corrected chi connectivity index (χ2v) is 3.13. The van der Waals surface area contributed by atoms with Crippen molar-refractivity contribution in [3.05, 3.63) is 34.3 Å². The van der Waals surface area contributed by atoms with Crippen LogP contribution >= 0.6 is 0 Å². The van der Waals surface area contributed by atoms with Gasteiger partial charge in [0.25, 0.3) is 0 Å². The number of rotatable bonds is 5. The molecular formula is C9H11NO4. The van der Waals surface area contributed by atoms with Crippen molar-refractivity contribution in [1.82, 2.24) is 0 Å². The predicted molar refractivity (Wildman–Crippen MR) is 48.5 cm³/mol. The molecule has 0 unspecified atom stereocenters. The Balaban J connectivity index is 2.82. The third-order valence-corrected chi connectivity index (χ3v) is 2.10. The quantitative estimate of drug-likeness (QED) is 0.407. The van der Waals surface area contributed by atoms with E-state index in [0.717, 1.165) is 0 Å². The van der Waals surface area contributed by atoms with Crippen molar-refractivity contribution in [3.63, 3.8) is 0 Å². The molecule has 14 heavy (non-hydrogen) atoms. The van der Waals surface area contributed by atoms with Crippen LogP contribution in [0.5, 0.6) is 0 Å². The number of furan rings is 1. The highest BCUT2D eigenvalue weighted by atomic mass is 16.6. The Labute approximate surface area is 80.9 Å². The van der Waals surface area contributed by atoms with Crippen molar-refractivity contribution >= 4 is 6.29 Å². The summed E-state index contributed by atoms with van der Waals surface area (Å²) >= 11 is 0. The van der Waals surface area contributed by atoms with Crippen molar-refractivity contribution < 1.29 is 14.1 Å². The number of carbonyl (C=O) groups is 1. The molecule has 5 nitrogen and oxygen atoms in total. The largest absolute Gasteiger partial charge is 0.469 e. The summed E-state index contributed by atoms with van der Waals surface area (Å²) in [7, 11) is 0. The van der Waals surface area contributed by atoms with Crippen LogP contribution in [0, 0.1) is 16.0 Å². The third-order valence-electron chi connectivity index (χ3n) is 2.10. The molecule has 0 N–H and O–H groups in total. The van der Waals surface area contributed by atoms with Gasteiger partial charge in [-0.15, -0.1) is 0 Å². The summed E-state index contributed by atoms with van der Waals surface area (Å²) in [6.45, 7) is 1.36. The lowest BCUT2D eigenvalue weighted by Crippen LogP contribution is -2.19. The van der Waals surface area contributed by atoms with Gasteiger partial charge in [0.1, 0.15) is 12.0 Å². The van der Waals surface area contributed by atoms with Crippen molar-refractivity contribution in [1.29, 1.82) is 0 Å². The van der Waals surface area contributed by atoms with Gasteiger partial charge in [0.15, 0.2) is 0 Å². The molecule has 0 saturated carbocycles. The zero-order valence-electron chi connectivity index (χ0n) is 7.75. The Kier molecular flexibility index (Phi) is 3.39. The Morgan fingerprint density at radius 1 is 1.71 bits per heavy atom. The molecule has 0 bridgehead atoms. The minimum absolute atomic E-state index is 0.284. The van der Waals surface area contributed by atoms with E-state index in [-0.39, 0.29) is 6.54 Å². The van der Waals surface area contributed by atoms with Gasteiger partial charge < -0.3 is 9.21 Å². The van der Waals surface area contributed by atoms with Gasteiger partial charge in [-0.3, -0.25) is 10.1 Å². The second kappa shape index (κ2) is 4.55. The zero-order valence-corrected chi connectivity index (χ0v) is 7.75. The maximum Gasteiger partial charge on any atom is 0.214 e. The average Bonchev–Trinajstić information content (AvgIpc) is 2.65. The number of nitrogens with zero attached hydrogens (tertiary/aromatic N) is 1. The summed E-state index contributed by atoms with van der Waals surface area (Å²) < 4.78 is 5.06. The molecule has 0 radical (unpaired) electrons. The van der Waals surface area contributed by atoms with E-state index in [2.05, 4.69) is 0 Å². The SMILES string of the molecule is C[C@H](C=O)[C@@H](C[N+](=O)[O-])c1ccco1. The minimum atomic E-state index is -0.475. The Morgan fingerprint density at radius 2 is 2.43 bits per heavy atom. The van der Waals surface area contributed by atoms with Gasteiger partial charge in [0.2, 0.25) is 6.54 Å². The molecule has 5 heteroatoms. The van der Waals surface area contributed by atoms with E-state index < -0.39 is 16.8 Å². The van der Waals surface area contributed by atoms with E-state index in [1.165, 1.54) is 6.26 Å². The van der Waals surface area contributed by atoms with E-state index >= 15 is 0 Å². The predicted octanol–water partition coefficient (Wildman–Crippen LogP) is 1.47. The average molecular weight is 197 g/mol. The van der Waals surface area contributed by atoms with Gasteiger partial charge in [0, 0.05) is 10.8 Å². The monoisotopic (exact) mass is 197 g/mol. The molecule has 1 rings (SSSR count). The summed E-state index contributed by atoms with van der Waals surface area (Å²) in [5.41, 5.74) is 0. The molecule has 1 heterocycles. The summed E-state index contributed by atoms with van der Waals surface area (Å²) in [6.07, 6.45) is 2.15. The van der Waals surface area contributed by atoms with Gasteiger partial charge in [0.05, 0.1) is 12.2 Å². The van der Waals surface area contributed by atoms with Crippen LogP contribution in [-0.4, -0.2) is 17.8 Å². The van der Waals surface area contributed by atoms with E-state index in [0.29, 0.717) is 12.0 Å². The first kappa shape index (κ1) is 10.4. The third kappa shape index (κ3) is 2.42. The standard InChI is InChI=1S/C9H11NO4/c1-7(6-11)8(5-10(12)13)9-3-2-4-14-9/h2-4,6-8H,5H2,1H3/t7-,8-/m1/s1. The number of hydrogen-bond donors (Lipinski definition) is 0. The van der Waals surface area contributed by atoms with Crippen LogP contribution in [-0.2, 0) is 4.79 Å². The Bertz CT molecular complexity index is 307. The molecule has 0 fully saturated rings. The Morgan fingerprint density at radius 3 is 2.86 bits per heavy atom. The molecule has 0 aliphatic carbocycles. The van der Waals surface area contributed by atoms with Crippen LogP contribution in [0.15, 0.2) is 22.8 Å². The van der Waals surface area contributed by atoms with Crippen molar-refractivity contribution in [2.75, 3.05) is 6.54 Å². The van der Waals surface area contributed by atoms with E-state index in [1.807, 2.05) is 0 Å². The lowest BCUT2D eigenvalue weighted by atomic mass is 9.93. The van der Waals surface area contributed by atoms with Crippen LogP contribution in [0.3, 0.4) is 0 Å². The Hall–Kier alpha value is -1.65. The highest BCUT2D eigenvalue weighted by molar-refractivity contribution is 5.54. The second-order valence-electron chi connectivity index (χ2n) is 3.13. The highest BCUT2D eigenvalue weighted by Crippen LogP contribution is 2.23. The maximum atomic E-state index is 10.6. The molecule has 0 aromatic carbocycles. The zero-order chi connectivity index (χ0) is 10.6. The summed E-state index contributed by atoms with van der Waals surface area (Å²) in [6, 6.07) is 3.30. The summed E-state index contributed by atoms with van der Waals surface area (Å²) in [5.74, 6) is -0.398. The fourth-order valence-electron chi connectivity index (χ4n) is 1.27. The first-order chi connectivity index (χ1) is 6.65. The normalized spacial score (nSPS) is 14.6. The molecule has 2 atom stereocenters. The first-order valence-corrected chi connectivity index (χ1v) is 4.25. The molecule has 1 aromatic heterocycles. The van der Waals surface area contributed by atoms with Gasteiger partial charge in [-0.25, -0.2) is 0 Å². The van der Waals surface area contributed by atoms with E-state index in [4.69, 9.17) is 4.42 Å². The fourth-order valence-corrected chi connectivity index (χ4v) is 1.27. The summed E-state index contributed by atoms with van der Waals surface area (Å²) in [5, 5.41) is 10.4. The molecule has 1 aromatic rings. The lowest BCUT2D eigenvalue weighted by Gasteiger charge is -2.12. The number of aldehydes is 1. The molecule has 0 spiro atoms. The first-order valence-electron chi connectivity index (χ1n) is 4.25. The number of nitro groups is 1. The van der Waals surface area contributed by atoms with E-state index in [9.17, 15) is 14.9 Å². The molecule has 76 valence electrons. The molecular weight excluding hydrogens is 186 g/mol. The smallest absolute Gasteiger partial charge is 0.214 e. The van der Waals surface area contributed by atoms with Crippen molar-refractivity contribution in [2.45, 2.75) is 12.8 Å².